The molecule has 9 heteroatoms. The molecule has 1 aliphatic rings. The molecule has 170 valence electrons. The average molecular weight is 454 g/mol. The molecule has 0 saturated heterocycles. The normalized spacial score (nSPS) is 14.8. The summed E-state index contributed by atoms with van der Waals surface area (Å²) in [5.74, 6) is -0.159. The molecule has 0 aliphatic carbocycles. The molecule has 0 unspecified atom stereocenters. The minimum absolute atomic E-state index is 0.0433. The van der Waals surface area contributed by atoms with Crippen LogP contribution in [0.2, 0.25) is 0 Å². The number of nitrogens with zero attached hydrogens (tertiary/aromatic N) is 4. The van der Waals surface area contributed by atoms with Crippen molar-refractivity contribution in [2.45, 2.75) is 25.9 Å². The van der Waals surface area contributed by atoms with Crippen LogP contribution in [0.3, 0.4) is 0 Å². The van der Waals surface area contributed by atoms with Crippen LogP contribution in [0.1, 0.15) is 25.1 Å². The fourth-order valence-corrected chi connectivity index (χ4v) is 4.13. The SMILES string of the molecule is CC(=O)Nc1ccc(NC(=O)C[C@H]2C(=O)N(Cc3ccccn3)c3nc4ccccc4n32)cc1. The number of para-hydroxylation sites is 2. The molecule has 0 spiro atoms. The van der Waals surface area contributed by atoms with Crippen molar-refractivity contribution in [3.8, 4) is 0 Å². The largest absolute Gasteiger partial charge is 0.326 e. The molecule has 2 N–H and O–H groups in total. The maximum absolute atomic E-state index is 13.4. The van der Waals surface area contributed by atoms with Crippen molar-refractivity contribution >= 4 is 46.1 Å². The first-order valence-corrected chi connectivity index (χ1v) is 10.9. The number of hydrogen-bond donors (Lipinski definition) is 2. The van der Waals surface area contributed by atoms with E-state index in [1.54, 1.807) is 35.4 Å². The van der Waals surface area contributed by atoms with Crippen molar-refractivity contribution in [1.29, 1.82) is 0 Å². The van der Waals surface area contributed by atoms with Gasteiger partial charge in [-0.05, 0) is 48.5 Å². The first kappa shape index (κ1) is 21.3. The van der Waals surface area contributed by atoms with Crippen molar-refractivity contribution in [2.75, 3.05) is 15.5 Å². The van der Waals surface area contributed by atoms with Crippen LogP contribution in [0.15, 0.2) is 72.9 Å². The molecule has 34 heavy (non-hydrogen) atoms. The van der Waals surface area contributed by atoms with Crippen molar-refractivity contribution in [1.82, 2.24) is 14.5 Å². The molecule has 0 radical (unpaired) electrons. The molecule has 3 amide bonds. The van der Waals surface area contributed by atoms with Crippen LogP contribution in [0.5, 0.6) is 0 Å². The van der Waals surface area contributed by atoms with E-state index < -0.39 is 6.04 Å². The number of benzene rings is 2. The summed E-state index contributed by atoms with van der Waals surface area (Å²) in [6.07, 6.45) is 1.64. The maximum atomic E-state index is 13.4. The van der Waals surface area contributed by atoms with E-state index in [2.05, 4.69) is 20.6 Å². The average Bonchev–Trinajstić information content (AvgIpc) is 3.31. The van der Waals surface area contributed by atoms with E-state index in [0.29, 0.717) is 17.3 Å². The van der Waals surface area contributed by atoms with Gasteiger partial charge in [-0.15, -0.1) is 0 Å². The highest BCUT2D eigenvalue weighted by atomic mass is 16.2. The van der Waals surface area contributed by atoms with E-state index in [1.165, 1.54) is 6.92 Å². The van der Waals surface area contributed by atoms with Gasteiger partial charge >= 0.3 is 0 Å². The second-order valence-electron chi connectivity index (χ2n) is 8.04. The molecule has 1 aliphatic heterocycles. The van der Waals surface area contributed by atoms with Gasteiger partial charge in [-0.25, -0.2) is 4.98 Å². The Morgan fingerprint density at radius 2 is 1.65 bits per heavy atom. The number of aromatic nitrogens is 3. The van der Waals surface area contributed by atoms with Gasteiger partial charge < -0.3 is 10.6 Å². The van der Waals surface area contributed by atoms with Gasteiger partial charge in [-0.2, -0.15) is 0 Å². The van der Waals surface area contributed by atoms with Crippen molar-refractivity contribution < 1.29 is 14.4 Å². The predicted molar refractivity (Wildman–Crippen MR) is 128 cm³/mol. The zero-order chi connectivity index (χ0) is 23.7. The molecule has 9 nitrogen and oxygen atoms in total. The number of anilines is 3. The number of pyridine rings is 1. The Morgan fingerprint density at radius 3 is 2.35 bits per heavy atom. The van der Waals surface area contributed by atoms with Crippen molar-refractivity contribution in [3.63, 3.8) is 0 Å². The van der Waals surface area contributed by atoms with Crippen LogP contribution in [0, 0.1) is 0 Å². The van der Waals surface area contributed by atoms with Crippen molar-refractivity contribution in [2.24, 2.45) is 0 Å². The smallest absolute Gasteiger partial charge is 0.253 e. The zero-order valence-corrected chi connectivity index (χ0v) is 18.4. The number of amides is 3. The summed E-state index contributed by atoms with van der Waals surface area (Å²) in [5.41, 5.74) is 3.50. The molecule has 4 aromatic rings. The molecule has 0 bridgehead atoms. The molecule has 3 heterocycles. The molecule has 5 rings (SSSR count). The number of rotatable bonds is 6. The maximum Gasteiger partial charge on any atom is 0.253 e. The van der Waals surface area contributed by atoms with E-state index in [1.807, 2.05) is 47.0 Å². The zero-order valence-electron chi connectivity index (χ0n) is 18.4. The van der Waals surface area contributed by atoms with E-state index in [9.17, 15) is 14.4 Å². The van der Waals surface area contributed by atoms with Crippen LogP contribution in [0.25, 0.3) is 11.0 Å². The third kappa shape index (κ3) is 4.11. The van der Waals surface area contributed by atoms with E-state index in [-0.39, 0.29) is 30.7 Å². The summed E-state index contributed by atoms with van der Waals surface area (Å²) in [5, 5.41) is 5.52. The van der Waals surface area contributed by atoms with Gasteiger partial charge in [0.05, 0.1) is 29.7 Å². The molecular formula is C25H22N6O3. The van der Waals surface area contributed by atoms with Gasteiger partial charge in [0.15, 0.2) is 0 Å². The lowest BCUT2D eigenvalue weighted by atomic mass is 10.1. The monoisotopic (exact) mass is 454 g/mol. The van der Waals surface area contributed by atoms with Crippen LogP contribution < -0.4 is 15.5 Å². The van der Waals surface area contributed by atoms with Crippen LogP contribution in [0.4, 0.5) is 17.3 Å². The Hall–Kier alpha value is -4.53. The summed E-state index contributed by atoms with van der Waals surface area (Å²) in [6, 6.07) is 19.2. The van der Waals surface area contributed by atoms with E-state index in [4.69, 9.17) is 0 Å². The van der Waals surface area contributed by atoms with Crippen LogP contribution in [-0.4, -0.2) is 32.3 Å². The van der Waals surface area contributed by atoms with Gasteiger partial charge in [-0.1, -0.05) is 18.2 Å². The Labute approximate surface area is 195 Å². The molecule has 0 saturated carbocycles. The first-order valence-electron chi connectivity index (χ1n) is 10.9. The number of carbonyl (C=O) groups is 3. The van der Waals surface area contributed by atoms with Gasteiger partial charge in [0.25, 0.3) is 5.91 Å². The second-order valence-corrected chi connectivity index (χ2v) is 8.04. The molecule has 2 aromatic carbocycles. The number of hydrogen-bond acceptors (Lipinski definition) is 5. The van der Waals surface area contributed by atoms with Crippen LogP contribution >= 0.6 is 0 Å². The summed E-state index contributed by atoms with van der Waals surface area (Å²) in [7, 11) is 0. The highest BCUT2D eigenvalue weighted by molar-refractivity contribution is 6.05. The molecular weight excluding hydrogens is 432 g/mol. The first-order chi connectivity index (χ1) is 16.5. The lowest BCUT2D eigenvalue weighted by Gasteiger charge is -2.15. The second kappa shape index (κ2) is 8.78. The Kier molecular flexibility index (Phi) is 5.51. The Morgan fingerprint density at radius 1 is 0.941 bits per heavy atom. The van der Waals surface area contributed by atoms with E-state index in [0.717, 1.165) is 16.7 Å². The third-order valence-corrected chi connectivity index (χ3v) is 5.60. The van der Waals surface area contributed by atoms with Gasteiger partial charge in [0.1, 0.15) is 6.04 Å². The quantitative estimate of drug-likeness (QED) is 0.463. The van der Waals surface area contributed by atoms with Crippen molar-refractivity contribution in [3.05, 3.63) is 78.6 Å². The Bertz CT molecular complexity index is 1380. The minimum atomic E-state index is -0.718. The third-order valence-electron chi connectivity index (χ3n) is 5.60. The lowest BCUT2D eigenvalue weighted by molar-refractivity contribution is -0.124. The number of nitrogens with one attached hydrogen (secondary N) is 2. The number of carbonyl (C=O) groups excluding carboxylic acids is 3. The summed E-state index contributed by atoms with van der Waals surface area (Å²) in [4.78, 5) is 48.1. The molecule has 0 fully saturated rings. The topological polar surface area (TPSA) is 109 Å². The predicted octanol–water partition coefficient (Wildman–Crippen LogP) is 3.51. The van der Waals surface area contributed by atoms with Crippen LogP contribution in [-0.2, 0) is 20.9 Å². The minimum Gasteiger partial charge on any atom is -0.326 e. The number of imidazole rings is 1. The fraction of sp³-hybridized carbons (Fsp3) is 0.160. The standard InChI is InChI=1S/C25H22N6O3/c1-16(32)27-17-9-11-18(12-10-17)28-23(33)14-22-24(34)30(15-19-6-4-5-13-26-19)25-29-20-7-2-3-8-21(20)31(22)25/h2-13,22H,14-15H2,1H3,(H,27,32)(H,28,33)/t22-/m0/s1. The van der Waals surface area contributed by atoms with Gasteiger partial charge in [-0.3, -0.25) is 28.8 Å². The summed E-state index contributed by atoms with van der Waals surface area (Å²) in [6.45, 7) is 1.70. The van der Waals surface area contributed by atoms with E-state index >= 15 is 0 Å². The highest BCUT2D eigenvalue weighted by Gasteiger charge is 2.41. The fourth-order valence-electron chi connectivity index (χ4n) is 4.13. The summed E-state index contributed by atoms with van der Waals surface area (Å²) >= 11 is 0. The number of fused-ring (bicyclic) bond motifs is 3. The molecule has 2 aromatic heterocycles. The molecule has 1 atom stereocenters. The summed E-state index contributed by atoms with van der Waals surface area (Å²) < 4.78 is 1.83. The lowest BCUT2D eigenvalue weighted by Crippen LogP contribution is -2.31. The highest BCUT2D eigenvalue weighted by Crippen LogP contribution is 2.37. The van der Waals surface area contributed by atoms with Gasteiger partial charge in [0, 0.05) is 24.5 Å². The Balaban J connectivity index is 1.39. The van der Waals surface area contributed by atoms with Gasteiger partial charge in [0.2, 0.25) is 17.8 Å².